The molecule has 7 nitrogen and oxygen atoms in total. The molecule has 0 radical (unpaired) electrons. The predicted octanol–water partition coefficient (Wildman–Crippen LogP) is 2.42. The number of rotatable bonds is 5. The van der Waals surface area contributed by atoms with Crippen molar-refractivity contribution in [2.24, 2.45) is 0 Å². The van der Waals surface area contributed by atoms with Gasteiger partial charge < -0.3 is 14.4 Å². The van der Waals surface area contributed by atoms with Gasteiger partial charge in [-0.1, -0.05) is 11.6 Å². The van der Waals surface area contributed by atoms with Crippen LogP contribution in [0.1, 0.15) is 67.3 Å². The Morgan fingerprint density at radius 2 is 2.12 bits per heavy atom. The van der Waals surface area contributed by atoms with E-state index in [1.54, 1.807) is 0 Å². The Hall–Kier alpha value is -2.18. The van der Waals surface area contributed by atoms with Gasteiger partial charge in [-0.05, 0) is 40.0 Å². The van der Waals surface area contributed by atoms with Gasteiger partial charge in [0.2, 0.25) is 5.91 Å². The molecule has 2 aromatic rings. The molecule has 3 heterocycles. The number of amides is 1. The van der Waals surface area contributed by atoms with Gasteiger partial charge >= 0.3 is 0 Å². The fourth-order valence-corrected chi connectivity index (χ4v) is 3.30. The molecule has 1 N–H and O–H groups in total. The van der Waals surface area contributed by atoms with E-state index in [-0.39, 0.29) is 11.9 Å². The van der Waals surface area contributed by atoms with Crippen LogP contribution < -0.4 is 5.32 Å². The lowest BCUT2D eigenvalue weighted by Crippen LogP contribution is -2.29. The number of carbonyl (C=O) groups is 1. The molecule has 130 valence electrons. The summed E-state index contributed by atoms with van der Waals surface area (Å²) >= 11 is 0. The minimum atomic E-state index is -0.137. The number of nitrogens with one attached hydrogen (secondary N) is 1. The largest absolute Gasteiger partial charge is 0.361 e. The Balaban J connectivity index is 1.59. The van der Waals surface area contributed by atoms with Crippen LogP contribution in [-0.4, -0.2) is 25.8 Å². The molecular weight excluding hydrogens is 306 g/mol. The summed E-state index contributed by atoms with van der Waals surface area (Å²) in [4.78, 5) is 12.3. The SMILES string of the molecule is Cc1noc(C)c1CCC(=O)N[C@@H](C)c1nnc2n1CCCCC2. The maximum absolute atomic E-state index is 12.3. The lowest BCUT2D eigenvalue weighted by atomic mass is 10.1. The first-order valence-corrected chi connectivity index (χ1v) is 8.69. The van der Waals surface area contributed by atoms with Crippen molar-refractivity contribution in [2.45, 2.75) is 71.9 Å². The summed E-state index contributed by atoms with van der Waals surface area (Å²) in [5.41, 5.74) is 1.88. The Bertz CT molecular complexity index is 699. The molecule has 0 fully saturated rings. The highest BCUT2D eigenvalue weighted by Gasteiger charge is 2.21. The minimum Gasteiger partial charge on any atom is -0.361 e. The van der Waals surface area contributed by atoms with Gasteiger partial charge in [-0.25, -0.2) is 0 Å². The topological polar surface area (TPSA) is 85.8 Å². The molecule has 0 aromatic carbocycles. The number of aryl methyl sites for hydroxylation is 3. The van der Waals surface area contributed by atoms with Crippen LogP contribution in [-0.2, 0) is 24.2 Å². The van der Waals surface area contributed by atoms with Crippen molar-refractivity contribution in [2.75, 3.05) is 0 Å². The number of hydrogen-bond donors (Lipinski definition) is 1. The number of nitrogens with zero attached hydrogens (tertiary/aromatic N) is 4. The van der Waals surface area contributed by atoms with Gasteiger partial charge in [0.05, 0.1) is 11.7 Å². The Kier molecular flexibility index (Phi) is 4.97. The molecule has 2 aromatic heterocycles. The summed E-state index contributed by atoms with van der Waals surface area (Å²) < 4.78 is 7.31. The lowest BCUT2D eigenvalue weighted by Gasteiger charge is -2.15. The fourth-order valence-electron chi connectivity index (χ4n) is 3.30. The van der Waals surface area contributed by atoms with Crippen molar-refractivity contribution in [3.63, 3.8) is 0 Å². The summed E-state index contributed by atoms with van der Waals surface area (Å²) in [6.45, 7) is 6.69. The van der Waals surface area contributed by atoms with Gasteiger partial charge in [-0.3, -0.25) is 4.79 Å². The zero-order valence-corrected chi connectivity index (χ0v) is 14.6. The molecule has 0 unspecified atom stereocenters. The molecule has 0 bridgehead atoms. The molecule has 7 heteroatoms. The summed E-state index contributed by atoms with van der Waals surface area (Å²) in [5.74, 6) is 2.70. The van der Waals surface area contributed by atoms with Crippen LogP contribution >= 0.6 is 0 Å². The molecule has 1 aliphatic heterocycles. The van der Waals surface area contributed by atoms with Crippen LogP contribution in [0.4, 0.5) is 0 Å². The Morgan fingerprint density at radius 3 is 2.88 bits per heavy atom. The molecule has 0 aliphatic carbocycles. The second-order valence-corrected chi connectivity index (χ2v) is 6.53. The van der Waals surface area contributed by atoms with Crippen LogP contribution in [0.5, 0.6) is 0 Å². The van der Waals surface area contributed by atoms with Gasteiger partial charge in [0.1, 0.15) is 11.6 Å². The van der Waals surface area contributed by atoms with Crippen molar-refractivity contribution in [3.05, 3.63) is 28.7 Å². The average molecular weight is 331 g/mol. The van der Waals surface area contributed by atoms with Crippen LogP contribution in [0, 0.1) is 13.8 Å². The monoisotopic (exact) mass is 331 g/mol. The van der Waals surface area contributed by atoms with Crippen LogP contribution in [0.2, 0.25) is 0 Å². The van der Waals surface area contributed by atoms with Crippen molar-refractivity contribution in [1.29, 1.82) is 0 Å². The number of fused-ring (bicyclic) bond motifs is 1. The molecular formula is C17H25N5O2. The van der Waals surface area contributed by atoms with E-state index in [1.165, 1.54) is 6.42 Å². The van der Waals surface area contributed by atoms with Crippen molar-refractivity contribution in [1.82, 2.24) is 25.2 Å². The Morgan fingerprint density at radius 1 is 1.29 bits per heavy atom. The van der Waals surface area contributed by atoms with Gasteiger partial charge in [0, 0.05) is 24.9 Å². The molecule has 1 amide bonds. The van der Waals surface area contributed by atoms with Gasteiger partial charge in [-0.2, -0.15) is 0 Å². The van der Waals surface area contributed by atoms with Gasteiger partial charge in [0.15, 0.2) is 5.82 Å². The van der Waals surface area contributed by atoms with E-state index in [9.17, 15) is 4.79 Å². The van der Waals surface area contributed by atoms with Gasteiger partial charge in [0.25, 0.3) is 0 Å². The fraction of sp³-hybridized carbons (Fsp3) is 0.647. The van der Waals surface area contributed by atoms with Crippen molar-refractivity contribution >= 4 is 5.91 Å². The highest BCUT2D eigenvalue weighted by molar-refractivity contribution is 5.76. The maximum atomic E-state index is 12.3. The predicted molar refractivity (Wildman–Crippen MR) is 88.4 cm³/mol. The molecule has 3 rings (SSSR count). The Labute approximate surface area is 141 Å². The van der Waals surface area contributed by atoms with E-state index in [4.69, 9.17) is 4.52 Å². The van der Waals surface area contributed by atoms with Crippen molar-refractivity contribution in [3.8, 4) is 0 Å². The van der Waals surface area contributed by atoms with Gasteiger partial charge in [-0.15, -0.1) is 10.2 Å². The van der Waals surface area contributed by atoms with E-state index in [0.29, 0.717) is 12.8 Å². The van der Waals surface area contributed by atoms with Crippen LogP contribution in [0.15, 0.2) is 4.52 Å². The van der Waals surface area contributed by atoms with Crippen molar-refractivity contribution < 1.29 is 9.32 Å². The number of hydrogen-bond acceptors (Lipinski definition) is 5. The lowest BCUT2D eigenvalue weighted by molar-refractivity contribution is -0.121. The third kappa shape index (κ3) is 3.49. The quantitative estimate of drug-likeness (QED) is 0.909. The van der Waals surface area contributed by atoms with E-state index >= 15 is 0 Å². The highest BCUT2D eigenvalue weighted by Crippen LogP contribution is 2.19. The maximum Gasteiger partial charge on any atom is 0.220 e. The molecule has 1 atom stereocenters. The molecule has 24 heavy (non-hydrogen) atoms. The number of aromatic nitrogens is 4. The summed E-state index contributed by atoms with van der Waals surface area (Å²) in [7, 11) is 0. The third-order valence-electron chi connectivity index (χ3n) is 4.69. The molecule has 1 aliphatic rings. The molecule has 0 spiro atoms. The van der Waals surface area contributed by atoms with E-state index in [0.717, 1.165) is 54.5 Å². The van der Waals surface area contributed by atoms with E-state index in [1.807, 2.05) is 20.8 Å². The van der Waals surface area contributed by atoms with E-state index < -0.39 is 0 Å². The third-order valence-corrected chi connectivity index (χ3v) is 4.69. The highest BCUT2D eigenvalue weighted by atomic mass is 16.5. The normalized spacial score (nSPS) is 15.6. The smallest absolute Gasteiger partial charge is 0.220 e. The molecule has 0 saturated carbocycles. The number of carbonyl (C=O) groups excluding carboxylic acids is 1. The minimum absolute atomic E-state index is 0.00784. The second kappa shape index (κ2) is 7.15. The molecule has 0 saturated heterocycles. The van der Waals surface area contributed by atoms with E-state index in [2.05, 4.69) is 25.2 Å². The first kappa shape index (κ1) is 16.7. The van der Waals surface area contributed by atoms with Crippen LogP contribution in [0.25, 0.3) is 0 Å². The average Bonchev–Trinajstić information content (AvgIpc) is 3.00. The first-order chi connectivity index (χ1) is 11.6. The second-order valence-electron chi connectivity index (χ2n) is 6.53. The zero-order valence-electron chi connectivity index (χ0n) is 14.6. The standard InChI is InChI=1S/C17H25N5O2/c1-11-14(13(3)24-21-11)8-9-16(23)18-12(2)17-20-19-15-7-5-4-6-10-22(15)17/h12H,4-10H2,1-3H3,(H,18,23)/t12-/m0/s1. The summed E-state index contributed by atoms with van der Waals surface area (Å²) in [6.07, 6.45) is 5.55. The first-order valence-electron chi connectivity index (χ1n) is 8.69. The summed E-state index contributed by atoms with van der Waals surface area (Å²) in [5, 5.41) is 15.6. The summed E-state index contributed by atoms with van der Waals surface area (Å²) in [6, 6.07) is -0.137. The van der Waals surface area contributed by atoms with Crippen LogP contribution in [0.3, 0.4) is 0 Å². The zero-order chi connectivity index (χ0) is 17.1.